The molecule has 10 nitrogen and oxygen atoms in total. The van der Waals surface area contributed by atoms with E-state index in [-0.39, 0.29) is 22.4 Å². The smallest absolute Gasteiger partial charge is 0.274 e. The number of H-pyrrole nitrogens is 1. The molecule has 1 aliphatic rings. The number of anilines is 1. The summed E-state index contributed by atoms with van der Waals surface area (Å²) in [5.41, 5.74) is 4.88. The van der Waals surface area contributed by atoms with Gasteiger partial charge in [0.25, 0.3) is 17.0 Å². The van der Waals surface area contributed by atoms with E-state index in [0.29, 0.717) is 22.4 Å². The summed E-state index contributed by atoms with van der Waals surface area (Å²) in [6.45, 7) is 2.74. The van der Waals surface area contributed by atoms with Crippen molar-refractivity contribution < 1.29 is 19.4 Å². The van der Waals surface area contributed by atoms with Crippen molar-refractivity contribution in [3.63, 3.8) is 0 Å². The Kier molecular flexibility index (Phi) is 9.77. The zero-order valence-corrected chi connectivity index (χ0v) is 27.7. The van der Waals surface area contributed by atoms with E-state index < -0.39 is 11.1 Å². The van der Waals surface area contributed by atoms with Crippen LogP contribution in [-0.2, 0) is 26.4 Å². The largest absolute Gasteiger partial charge is 0.507 e. The standard InChI is InChI=1S/C39H38N4O6/c1-42-33(21-28-8-4-5-10-34(28)44)38(46)41-32(39(42)47)20-26-7-6-9-29(19-26)37(45)40-31-13-11-25(12-14-31)15-17-43-18-16-27-22-35(48-2)36(49-3)23-30(27)24-43/h4-14,19-23,44H,15-18,24H2,1-3H3,(H,40,45)(H,41,46). The number of nitrogens with zero attached hydrogens (tertiary/aromatic N) is 2. The molecule has 1 aliphatic heterocycles. The summed E-state index contributed by atoms with van der Waals surface area (Å²) in [6.07, 6.45) is 4.83. The maximum atomic E-state index is 13.1. The summed E-state index contributed by atoms with van der Waals surface area (Å²) >= 11 is 0. The van der Waals surface area contributed by atoms with Crippen molar-refractivity contribution >= 4 is 23.7 Å². The van der Waals surface area contributed by atoms with E-state index in [1.54, 1.807) is 56.7 Å². The van der Waals surface area contributed by atoms with E-state index in [4.69, 9.17) is 9.47 Å². The molecule has 1 amide bonds. The lowest BCUT2D eigenvalue weighted by Crippen LogP contribution is -2.52. The molecule has 0 aliphatic carbocycles. The molecule has 4 aromatic carbocycles. The van der Waals surface area contributed by atoms with Crippen LogP contribution in [0.15, 0.2) is 94.5 Å². The number of phenolic OH excluding ortho intramolecular Hbond substituents is 1. The molecule has 0 atom stereocenters. The van der Waals surface area contributed by atoms with Crippen molar-refractivity contribution in [1.82, 2.24) is 14.5 Å². The number of rotatable bonds is 9. The van der Waals surface area contributed by atoms with Crippen LogP contribution in [0.2, 0.25) is 0 Å². The molecule has 10 heteroatoms. The van der Waals surface area contributed by atoms with Crippen LogP contribution in [0.3, 0.4) is 0 Å². The van der Waals surface area contributed by atoms with E-state index in [0.717, 1.165) is 44.0 Å². The molecule has 0 saturated heterocycles. The van der Waals surface area contributed by atoms with Crippen LogP contribution in [0.5, 0.6) is 17.2 Å². The van der Waals surface area contributed by atoms with Gasteiger partial charge in [-0.2, -0.15) is 0 Å². The molecule has 0 spiro atoms. The lowest BCUT2D eigenvalue weighted by atomic mass is 9.98. The van der Waals surface area contributed by atoms with Gasteiger partial charge < -0.3 is 29.4 Å². The number of phenols is 1. The quantitative estimate of drug-likeness (QED) is 0.222. The highest BCUT2D eigenvalue weighted by Gasteiger charge is 2.19. The molecular formula is C39H38N4O6. The van der Waals surface area contributed by atoms with Crippen LogP contribution in [-0.4, -0.2) is 52.8 Å². The summed E-state index contributed by atoms with van der Waals surface area (Å²) in [4.78, 5) is 44.3. The van der Waals surface area contributed by atoms with Gasteiger partial charge in [-0.1, -0.05) is 42.5 Å². The van der Waals surface area contributed by atoms with Crippen LogP contribution in [0.4, 0.5) is 5.69 Å². The molecule has 250 valence electrons. The second-order valence-electron chi connectivity index (χ2n) is 12.0. The zero-order chi connectivity index (χ0) is 34.5. The highest BCUT2D eigenvalue weighted by molar-refractivity contribution is 6.04. The number of hydrogen-bond donors (Lipinski definition) is 3. The minimum Gasteiger partial charge on any atom is -0.507 e. The Balaban J connectivity index is 1.10. The van der Waals surface area contributed by atoms with Crippen molar-refractivity contribution in [2.75, 3.05) is 32.6 Å². The third-order valence-corrected chi connectivity index (χ3v) is 8.79. The minimum absolute atomic E-state index is 0.000239. The van der Waals surface area contributed by atoms with Gasteiger partial charge in [0.05, 0.1) is 14.2 Å². The van der Waals surface area contributed by atoms with Crippen LogP contribution >= 0.6 is 0 Å². The van der Waals surface area contributed by atoms with Crippen molar-refractivity contribution in [3.05, 3.63) is 150 Å². The SMILES string of the molecule is COc1cc2c(cc1OC)CN(CCc1ccc(NC(=O)c3cccc(C=c4[nH]c(=O)c(=Cc5ccccc5O)n(C)c4=O)c3)cc1)CC2. The van der Waals surface area contributed by atoms with Gasteiger partial charge in [0.15, 0.2) is 11.5 Å². The number of nitrogens with one attached hydrogen (secondary N) is 2. The van der Waals surface area contributed by atoms with Crippen molar-refractivity contribution in [2.45, 2.75) is 19.4 Å². The summed E-state index contributed by atoms with van der Waals surface area (Å²) in [6, 6.07) is 25.4. The molecule has 6 rings (SSSR count). The maximum absolute atomic E-state index is 13.1. The summed E-state index contributed by atoms with van der Waals surface area (Å²) in [7, 11) is 4.81. The number of methoxy groups -OCH3 is 2. The van der Waals surface area contributed by atoms with Gasteiger partial charge in [-0.15, -0.1) is 0 Å². The number of carbonyl (C=O) groups excluding carboxylic acids is 1. The normalized spacial score (nSPS) is 13.6. The Labute approximate surface area is 283 Å². The molecule has 5 aromatic rings. The number of amides is 1. The first kappa shape index (κ1) is 33.0. The predicted molar refractivity (Wildman–Crippen MR) is 190 cm³/mol. The van der Waals surface area contributed by atoms with Crippen LogP contribution in [0.1, 0.15) is 38.2 Å². The Hall–Kier alpha value is -5.87. The van der Waals surface area contributed by atoms with E-state index in [1.807, 2.05) is 24.3 Å². The second kappa shape index (κ2) is 14.5. The van der Waals surface area contributed by atoms with Gasteiger partial charge in [-0.05, 0) is 89.7 Å². The molecule has 0 unspecified atom stereocenters. The number of carbonyl (C=O) groups is 1. The molecular weight excluding hydrogens is 620 g/mol. The summed E-state index contributed by atoms with van der Waals surface area (Å²) in [5, 5.41) is 13.2. The van der Waals surface area contributed by atoms with E-state index in [9.17, 15) is 19.5 Å². The number of aromatic hydroxyl groups is 1. The predicted octanol–water partition coefficient (Wildman–Crippen LogP) is 3.31. The molecule has 49 heavy (non-hydrogen) atoms. The van der Waals surface area contributed by atoms with Crippen molar-refractivity contribution in [2.24, 2.45) is 7.05 Å². The fraction of sp³-hybridized carbons (Fsp3) is 0.205. The number of hydrogen-bond acceptors (Lipinski definition) is 7. The minimum atomic E-state index is -0.489. The third kappa shape index (κ3) is 7.50. The Morgan fingerprint density at radius 3 is 2.39 bits per heavy atom. The van der Waals surface area contributed by atoms with Gasteiger partial charge in [-0.25, -0.2) is 0 Å². The average molecular weight is 659 g/mol. The van der Waals surface area contributed by atoms with Crippen LogP contribution < -0.4 is 36.6 Å². The van der Waals surface area contributed by atoms with Crippen LogP contribution in [0.25, 0.3) is 12.2 Å². The Morgan fingerprint density at radius 1 is 0.918 bits per heavy atom. The third-order valence-electron chi connectivity index (χ3n) is 8.79. The highest BCUT2D eigenvalue weighted by Crippen LogP contribution is 2.33. The maximum Gasteiger partial charge on any atom is 0.274 e. The van der Waals surface area contributed by atoms with E-state index >= 15 is 0 Å². The number of benzene rings is 4. The zero-order valence-electron chi connectivity index (χ0n) is 27.7. The molecule has 0 fully saturated rings. The fourth-order valence-corrected chi connectivity index (χ4v) is 6.01. The first-order valence-electron chi connectivity index (χ1n) is 16.0. The monoisotopic (exact) mass is 658 g/mol. The van der Waals surface area contributed by atoms with Gasteiger partial charge in [0, 0.05) is 43.5 Å². The number of aromatic nitrogens is 2. The summed E-state index contributed by atoms with van der Waals surface area (Å²) in [5.74, 6) is 1.22. The molecule has 0 saturated carbocycles. The molecule has 3 N–H and O–H groups in total. The van der Waals surface area contributed by atoms with E-state index in [1.165, 1.54) is 46.5 Å². The Morgan fingerprint density at radius 2 is 1.65 bits per heavy atom. The number of ether oxygens (including phenoxy) is 2. The van der Waals surface area contributed by atoms with E-state index in [2.05, 4.69) is 27.3 Å². The van der Waals surface area contributed by atoms with Gasteiger partial charge in [0.2, 0.25) is 0 Å². The van der Waals surface area contributed by atoms with Gasteiger partial charge >= 0.3 is 0 Å². The average Bonchev–Trinajstić information content (AvgIpc) is 3.12. The first-order chi connectivity index (χ1) is 23.7. The molecule has 2 heterocycles. The highest BCUT2D eigenvalue weighted by atomic mass is 16.5. The lowest BCUT2D eigenvalue weighted by Gasteiger charge is -2.29. The fourth-order valence-electron chi connectivity index (χ4n) is 6.01. The summed E-state index contributed by atoms with van der Waals surface area (Å²) < 4.78 is 12.2. The first-order valence-corrected chi connectivity index (χ1v) is 16.0. The van der Waals surface area contributed by atoms with Gasteiger partial charge in [0.1, 0.15) is 16.4 Å². The van der Waals surface area contributed by atoms with Crippen LogP contribution in [0, 0.1) is 0 Å². The number of para-hydroxylation sites is 1. The number of fused-ring (bicyclic) bond motifs is 1. The number of aromatic amines is 1. The topological polar surface area (TPSA) is 126 Å². The second-order valence-corrected chi connectivity index (χ2v) is 12.0. The molecule has 0 bridgehead atoms. The van der Waals surface area contributed by atoms with Crippen molar-refractivity contribution in [3.8, 4) is 17.2 Å². The molecule has 1 aromatic heterocycles. The van der Waals surface area contributed by atoms with Crippen molar-refractivity contribution in [1.29, 1.82) is 0 Å². The Bertz CT molecular complexity index is 2260. The lowest BCUT2D eigenvalue weighted by molar-refractivity contribution is 0.102. The van der Waals surface area contributed by atoms with Gasteiger partial charge in [-0.3, -0.25) is 19.3 Å². The molecule has 0 radical (unpaired) electrons.